The van der Waals surface area contributed by atoms with Crippen molar-refractivity contribution in [1.82, 2.24) is 4.98 Å². The minimum atomic E-state index is 0.590. The number of hydrogen-bond acceptors (Lipinski definition) is 3. The van der Waals surface area contributed by atoms with Gasteiger partial charge in [-0.3, -0.25) is 4.98 Å². The molecule has 0 atom stereocenters. The lowest BCUT2D eigenvalue weighted by molar-refractivity contribution is 0.181. The van der Waals surface area contributed by atoms with Gasteiger partial charge in [0.15, 0.2) is 0 Å². The Bertz CT molecular complexity index is 649. The number of nitrogens with two attached hydrogens (primary N) is 1. The lowest BCUT2D eigenvalue weighted by Gasteiger charge is -2.52. The molecule has 1 saturated carbocycles. The lowest BCUT2D eigenvalue weighted by atomic mass is 9.73. The molecule has 1 aliphatic heterocycles. The van der Waals surface area contributed by atoms with Crippen LogP contribution in [0.3, 0.4) is 0 Å². The Balaban J connectivity index is 1.63. The first kappa shape index (κ1) is 12.9. The minimum Gasteiger partial charge on any atom is -0.397 e. The van der Waals surface area contributed by atoms with Crippen LogP contribution in [0.25, 0.3) is 10.9 Å². The first-order valence-electron chi connectivity index (χ1n) is 8.16. The maximum Gasteiger partial charge on any atom is 0.0951 e. The summed E-state index contributed by atoms with van der Waals surface area (Å²) < 4.78 is 0. The SMILES string of the molecule is Nc1ccc(N2CC3(CCCCCC3)C2)c2cccnc12. The van der Waals surface area contributed by atoms with Gasteiger partial charge in [0.25, 0.3) is 0 Å². The first-order valence-corrected chi connectivity index (χ1v) is 8.16. The van der Waals surface area contributed by atoms with E-state index in [1.807, 2.05) is 18.3 Å². The van der Waals surface area contributed by atoms with Crippen LogP contribution in [-0.2, 0) is 0 Å². The van der Waals surface area contributed by atoms with Crippen LogP contribution in [-0.4, -0.2) is 18.1 Å². The summed E-state index contributed by atoms with van der Waals surface area (Å²) in [4.78, 5) is 6.97. The van der Waals surface area contributed by atoms with Gasteiger partial charge in [0.05, 0.1) is 11.2 Å². The average Bonchev–Trinajstić information content (AvgIpc) is 2.73. The number of fused-ring (bicyclic) bond motifs is 1. The van der Waals surface area contributed by atoms with Gasteiger partial charge in [-0.15, -0.1) is 0 Å². The Morgan fingerprint density at radius 1 is 1.00 bits per heavy atom. The van der Waals surface area contributed by atoms with E-state index in [2.05, 4.69) is 22.0 Å². The van der Waals surface area contributed by atoms with Gasteiger partial charge in [-0.1, -0.05) is 25.7 Å². The summed E-state index contributed by atoms with van der Waals surface area (Å²) in [7, 11) is 0. The number of aromatic nitrogens is 1. The van der Waals surface area contributed by atoms with Gasteiger partial charge in [0.1, 0.15) is 0 Å². The maximum absolute atomic E-state index is 6.06. The van der Waals surface area contributed by atoms with Crippen molar-refractivity contribution in [2.45, 2.75) is 38.5 Å². The molecule has 3 nitrogen and oxygen atoms in total. The fraction of sp³-hybridized carbons (Fsp3) is 0.500. The highest BCUT2D eigenvalue weighted by Crippen LogP contribution is 2.46. The molecule has 0 unspecified atom stereocenters. The van der Waals surface area contributed by atoms with Crippen LogP contribution in [0, 0.1) is 5.41 Å². The molecule has 1 aromatic heterocycles. The van der Waals surface area contributed by atoms with Crippen molar-refractivity contribution in [3.63, 3.8) is 0 Å². The highest BCUT2D eigenvalue weighted by Gasteiger charge is 2.42. The number of rotatable bonds is 1. The van der Waals surface area contributed by atoms with E-state index < -0.39 is 0 Å². The average molecular weight is 281 g/mol. The molecule has 3 heteroatoms. The standard InChI is InChI=1S/C18H23N3/c19-15-7-8-16(14-6-5-11-20-17(14)15)21-12-18(13-21)9-3-1-2-4-10-18/h5-8,11H,1-4,9-10,12-13,19H2. The Labute approximate surface area is 126 Å². The van der Waals surface area contributed by atoms with Crippen LogP contribution in [0.5, 0.6) is 0 Å². The van der Waals surface area contributed by atoms with Crippen LogP contribution in [0.4, 0.5) is 11.4 Å². The predicted octanol–water partition coefficient (Wildman–Crippen LogP) is 3.98. The largest absolute Gasteiger partial charge is 0.397 e. The second-order valence-corrected chi connectivity index (χ2v) is 6.84. The van der Waals surface area contributed by atoms with E-state index >= 15 is 0 Å². The van der Waals surface area contributed by atoms with E-state index in [0.717, 1.165) is 11.2 Å². The number of nitrogens with zero attached hydrogens (tertiary/aromatic N) is 2. The van der Waals surface area contributed by atoms with Crippen LogP contribution in [0.15, 0.2) is 30.5 Å². The van der Waals surface area contributed by atoms with Crippen molar-refractivity contribution in [3.05, 3.63) is 30.5 Å². The van der Waals surface area contributed by atoms with Gasteiger partial charge in [0.2, 0.25) is 0 Å². The van der Waals surface area contributed by atoms with Crippen LogP contribution in [0.1, 0.15) is 38.5 Å². The quantitative estimate of drug-likeness (QED) is 0.804. The summed E-state index contributed by atoms with van der Waals surface area (Å²) in [5.74, 6) is 0. The lowest BCUT2D eigenvalue weighted by Crippen LogP contribution is -2.56. The molecule has 2 aromatic rings. The fourth-order valence-electron chi connectivity index (χ4n) is 4.18. The fourth-order valence-corrected chi connectivity index (χ4v) is 4.18. The predicted molar refractivity (Wildman–Crippen MR) is 88.5 cm³/mol. The molecule has 2 heterocycles. The molecule has 1 saturated heterocycles. The molecule has 110 valence electrons. The summed E-state index contributed by atoms with van der Waals surface area (Å²) in [5, 5.41) is 1.20. The third-order valence-corrected chi connectivity index (χ3v) is 5.34. The smallest absolute Gasteiger partial charge is 0.0951 e. The van der Waals surface area contributed by atoms with E-state index in [4.69, 9.17) is 5.73 Å². The highest BCUT2D eigenvalue weighted by atomic mass is 15.2. The molecule has 4 rings (SSSR count). The molecule has 2 aliphatic rings. The summed E-state index contributed by atoms with van der Waals surface area (Å²) in [6, 6.07) is 8.32. The van der Waals surface area contributed by atoms with Crippen molar-refractivity contribution in [2.24, 2.45) is 5.41 Å². The Kier molecular flexibility index (Phi) is 3.02. The number of nitrogen functional groups attached to an aromatic ring is 1. The van der Waals surface area contributed by atoms with Gasteiger partial charge < -0.3 is 10.6 Å². The van der Waals surface area contributed by atoms with Crippen molar-refractivity contribution < 1.29 is 0 Å². The van der Waals surface area contributed by atoms with Gasteiger partial charge in [0, 0.05) is 35.8 Å². The van der Waals surface area contributed by atoms with Crippen molar-refractivity contribution in [3.8, 4) is 0 Å². The summed E-state index contributed by atoms with van der Waals surface area (Å²) in [5.41, 5.74) is 9.68. The highest BCUT2D eigenvalue weighted by molar-refractivity contribution is 5.98. The Morgan fingerprint density at radius 3 is 2.52 bits per heavy atom. The van der Waals surface area contributed by atoms with Crippen molar-refractivity contribution in [2.75, 3.05) is 23.7 Å². The molecule has 2 fully saturated rings. The zero-order valence-corrected chi connectivity index (χ0v) is 12.5. The zero-order chi connectivity index (χ0) is 14.3. The van der Waals surface area contributed by atoms with Gasteiger partial charge in [-0.25, -0.2) is 0 Å². The third-order valence-electron chi connectivity index (χ3n) is 5.34. The molecule has 0 radical (unpaired) electrons. The monoisotopic (exact) mass is 281 g/mol. The number of hydrogen-bond donors (Lipinski definition) is 1. The normalized spacial score (nSPS) is 21.2. The Morgan fingerprint density at radius 2 is 1.76 bits per heavy atom. The summed E-state index contributed by atoms with van der Waals surface area (Å²) >= 11 is 0. The van der Waals surface area contributed by atoms with Gasteiger partial charge in [-0.2, -0.15) is 0 Å². The molecule has 21 heavy (non-hydrogen) atoms. The van der Waals surface area contributed by atoms with Crippen molar-refractivity contribution >= 4 is 22.3 Å². The maximum atomic E-state index is 6.06. The van der Waals surface area contributed by atoms with E-state index in [1.54, 1.807) is 0 Å². The van der Waals surface area contributed by atoms with Crippen molar-refractivity contribution in [1.29, 1.82) is 0 Å². The summed E-state index contributed by atoms with van der Waals surface area (Å²) in [6.07, 6.45) is 10.3. The summed E-state index contributed by atoms with van der Waals surface area (Å²) in [6.45, 7) is 2.42. The van der Waals surface area contributed by atoms with Crippen LogP contribution < -0.4 is 10.6 Å². The molecule has 0 bridgehead atoms. The molecular formula is C18H23N3. The second-order valence-electron chi connectivity index (χ2n) is 6.84. The second kappa shape index (κ2) is 4.90. The Hall–Kier alpha value is -1.77. The molecule has 1 spiro atoms. The molecule has 2 N–H and O–H groups in total. The molecule has 0 amide bonds. The van der Waals surface area contributed by atoms with E-state index in [9.17, 15) is 0 Å². The van der Waals surface area contributed by atoms with E-state index in [-0.39, 0.29) is 0 Å². The molecule has 1 aliphatic carbocycles. The first-order chi connectivity index (χ1) is 10.3. The molecule has 1 aromatic carbocycles. The van der Waals surface area contributed by atoms with Gasteiger partial charge in [-0.05, 0) is 37.1 Å². The van der Waals surface area contributed by atoms with Gasteiger partial charge >= 0.3 is 0 Å². The van der Waals surface area contributed by atoms with E-state index in [1.165, 1.54) is 62.7 Å². The minimum absolute atomic E-state index is 0.590. The van der Waals surface area contributed by atoms with E-state index in [0.29, 0.717) is 5.41 Å². The number of pyridine rings is 1. The topological polar surface area (TPSA) is 42.1 Å². The molecular weight excluding hydrogens is 258 g/mol. The number of anilines is 2. The van der Waals surface area contributed by atoms with Crippen LogP contribution >= 0.6 is 0 Å². The zero-order valence-electron chi connectivity index (χ0n) is 12.5. The third kappa shape index (κ3) is 2.15. The van der Waals surface area contributed by atoms with Crippen LogP contribution in [0.2, 0.25) is 0 Å². The number of benzene rings is 1.